The van der Waals surface area contributed by atoms with Crippen LogP contribution in [0.5, 0.6) is 0 Å². The molecular formula is C34H29FN4O2S. The van der Waals surface area contributed by atoms with Gasteiger partial charge in [-0.25, -0.2) is 9.07 Å². The zero-order valence-electron chi connectivity index (χ0n) is 23.3. The number of hydrogen-bond donors (Lipinski definition) is 1. The van der Waals surface area contributed by atoms with E-state index in [4.69, 9.17) is 5.10 Å². The van der Waals surface area contributed by atoms with Crippen LogP contribution in [0.15, 0.2) is 103 Å². The van der Waals surface area contributed by atoms with Crippen LogP contribution in [0.1, 0.15) is 27.5 Å². The molecule has 0 radical (unpaired) electrons. The zero-order valence-corrected chi connectivity index (χ0v) is 24.1. The van der Waals surface area contributed by atoms with Crippen molar-refractivity contribution in [2.75, 3.05) is 22.5 Å². The number of thioether (sulfide) groups is 1. The molecule has 0 saturated heterocycles. The number of halogens is 1. The Morgan fingerprint density at radius 3 is 2.33 bits per heavy atom. The molecule has 2 heterocycles. The molecule has 1 aliphatic heterocycles. The second kappa shape index (κ2) is 11.7. The normalized spacial score (nSPS) is 14.8. The number of hydrogen-bond acceptors (Lipinski definition) is 4. The van der Waals surface area contributed by atoms with Crippen LogP contribution in [0.3, 0.4) is 0 Å². The maximum Gasteiger partial charge on any atom is 0.244 e. The number of carbonyl (C=O) groups excluding carboxylic acids is 2. The molecule has 42 heavy (non-hydrogen) atoms. The number of aryl methyl sites for hydroxylation is 2. The van der Waals surface area contributed by atoms with Gasteiger partial charge in [0.2, 0.25) is 11.8 Å². The number of aromatic nitrogens is 2. The minimum atomic E-state index is -0.376. The van der Waals surface area contributed by atoms with Crippen LogP contribution in [0.25, 0.3) is 16.9 Å². The Balaban J connectivity index is 1.56. The Hall–Kier alpha value is -4.69. The molecule has 6 nitrogen and oxygen atoms in total. The SMILES string of the molecule is Cc1ccc(NC(=O)CN2C(=O)CSC(c3ccccc3C)c3c(-c4ccccc4)nn(-c4ccc(F)cc4)c32)cc1. The lowest BCUT2D eigenvalue weighted by Gasteiger charge is -2.23. The average molecular weight is 577 g/mol. The molecule has 2 amide bonds. The lowest BCUT2D eigenvalue weighted by atomic mass is 9.97. The number of amides is 2. The fraction of sp³-hybridized carbons (Fsp3) is 0.147. The molecule has 1 N–H and O–H groups in total. The predicted molar refractivity (Wildman–Crippen MR) is 167 cm³/mol. The Bertz CT molecular complexity index is 1750. The monoisotopic (exact) mass is 576 g/mol. The van der Waals surface area contributed by atoms with E-state index in [2.05, 4.69) is 24.4 Å². The Morgan fingerprint density at radius 2 is 1.62 bits per heavy atom. The number of fused-ring (bicyclic) bond motifs is 1. The van der Waals surface area contributed by atoms with Crippen molar-refractivity contribution in [1.29, 1.82) is 0 Å². The van der Waals surface area contributed by atoms with Crippen molar-refractivity contribution >= 4 is 35.1 Å². The molecule has 1 unspecified atom stereocenters. The quantitative estimate of drug-likeness (QED) is 0.234. The van der Waals surface area contributed by atoms with Gasteiger partial charge in [-0.3, -0.25) is 14.5 Å². The molecule has 0 aliphatic carbocycles. The number of nitrogens with one attached hydrogen (secondary N) is 1. The lowest BCUT2D eigenvalue weighted by Crippen LogP contribution is -2.40. The van der Waals surface area contributed by atoms with Crippen molar-refractivity contribution < 1.29 is 14.0 Å². The molecule has 1 aliphatic rings. The van der Waals surface area contributed by atoms with Crippen LogP contribution < -0.4 is 10.2 Å². The van der Waals surface area contributed by atoms with Gasteiger partial charge in [-0.1, -0.05) is 72.3 Å². The van der Waals surface area contributed by atoms with E-state index in [-0.39, 0.29) is 35.2 Å². The van der Waals surface area contributed by atoms with Crippen LogP contribution in [-0.2, 0) is 9.59 Å². The molecule has 0 spiro atoms. The van der Waals surface area contributed by atoms with Crippen LogP contribution >= 0.6 is 11.8 Å². The molecule has 0 saturated carbocycles. The van der Waals surface area contributed by atoms with Gasteiger partial charge in [-0.2, -0.15) is 5.10 Å². The number of benzene rings is 4. The molecule has 0 fully saturated rings. The Kier molecular flexibility index (Phi) is 7.63. The smallest absolute Gasteiger partial charge is 0.244 e. The summed E-state index contributed by atoms with van der Waals surface area (Å²) in [7, 11) is 0. The van der Waals surface area contributed by atoms with Gasteiger partial charge >= 0.3 is 0 Å². The van der Waals surface area contributed by atoms with Crippen molar-refractivity contribution in [2.24, 2.45) is 0 Å². The highest BCUT2D eigenvalue weighted by atomic mass is 32.2. The fourth-order valence-electron chi connectivity index (χ4n) is 5.20. The fourth-order valence-corrected chi connectivity index (χ4v) is 6.49. The maximum absolute atomic E-state index is 14.0. The van der Waals surface area contributed by atoms with Crippen LogP contribution in [0.2, 0.25) is 0 Å². The molecule has 0 bridgehead atoms. The zero-order chi connectivity index (χ0) is 29.2. The number of anilines is 2. The topological polar surface area (TPSA) is 67.2 Å². The molecule has 5 aromatic rings. The van der Waals surface area contributed by atoms with Gasteiger partial charge in [-0.15, -0.1) is 11.8 Å². The highest BCUT2D eigenvalue weighted by Crippen LogP contribution is 2.49. The number of rotatable bonds is 6. The third-order valence-corrected chi connectivity index (χ3v) is 8.55. The molecule has 6 rings (SSSR count). The summed E-state index contributed by atoms with van der Waals surface area (Å²) in [6, 6.07) is 31.4. The van der Waals surface area contributed by atoms with E-state index in [1.807, 2.05) is 73.7 Å². The van der Waals surface area contributed by atoms with E-state index in [0.29, 0.717) is 22.9 Å². The summed E-state index contributed by atoms with van der Waals surface area (Å²) in [6.45, 7) is 3.83. The summed E-state index contributed by atoms with van der Waals surface area (Å²) in [6.07, 6.45) is 0. The minimum Gasteiger partial charge on any atom is -0.325 e. The van der Waals surface area contributed by atoms with Crippen molar-refractivity contribution in [3.63, 3.8) is 0 Å². The molecule has 1 atom stereocenters. The predicted octanol–water partition coefficient (Wildman–Crippen LogP) is 7.10. The van der Waals surface area contributed by atoms with Gasteiger partial charge in [0, 0.05) is 16.8 Å². The van der Waals surface area contributed by atoms with Gasteiger partial charge in [0.1, 0.15) is 18.2 Å². The first-order valence-electron chi connectivity index (χ1n) is 13.7. The first-order valence-corrected chi connectivity index (χ1v) is 14.7. The van der Waals surface area contributed by atoms with Gasteiger partial charge in [0.15, 0.2) is 0 Å². The van der Waals surface area contributed by atoms with Gasteiger partial charge in [0.05, 0.1) is 22.4 Å². The van der Waals surface area contributed by atoms with Crippen molar-refractivity contribution in [3.05, 3.63) is 131 Å². The van der Waals surface area contributed by atoms with E-state index in [9.17, 15) is 14.0 Å². The highest BCUT2D eigenvalue weighted by molar-refractivity contribution is 8.00. The maximum atomic E-state index is 14.0. The highest BCUT2D eigenvalue weighted by Gasteiger charge is 2.38. The molecule has 8 heteroatoms. The standard InChI is InChI=1S/C34H29FN4O2S/c1-22-12-16-26(17-13-22)36-29(40)20-38-30(41)21-42-33(28-11-7-6-8-23(28)2)31-32(24-9-4-3-5-10-24)37-39(34(31)38)27-18-14-25(35)15-19-27/h3-19,33H,20-21H2,1-2H3,(H,36,40). The third-order valence-electron chi connectivity index (χ3n) is 7.32. The van der Waals surface area contributed by atoms with E-state index < -0.39 is 0 Å². The largest absolute Gasteiger partial charge is 0.325 e. The van der Waals surface area contributed by atoms with E-state index in [1.54, 1.807) is 16.8 Å². The molecule has 1 aromatic heterocycles. The lowest BCUT2D eigenvalue weighted by molar-refractivity contribution is -0.120. The second-order valence-corrected chi connectivity index (χ2v) is 11.4. The molecular weight excluding hydrogens is 547 g/mol. The Labute approximate surface area is 248 Å². The Morgan fingerprint density at radius 1 is 0.929 bits per heavy atom. The van der Waals surface area contributed by atoms with Crippen LogP contribution in [0, 0.1) is 19.7 Å². The van der Waals surface area contributed by atoms with E-state index in [0.717, 1.165) is 27.8 Å². The van der Waals surface area contributed by atoms with E-state index in [1.165, 1.54) is 28.8 Å². The summed E-state index contributed by atoms with van der Waals surface area (Å²) in [4.78, 5) is 28.8. The van der Waals surface area contributed by atoms with Crippen LogP contribution in [0.4, 0.5) is 15.9 Å². The summed E-state index contributed by atoms with van der Waals surface area (Å²) in [5.74, 6) is -0.241. The van der Waals surface area contributed by atoms with Gasteiger partial charge in [-0.05, 0) is 61.4 Å². The molecule has 4 aromatic carbocycles. The van der Waals surface area contributed by atoms with E-state index >= 15 is 0 Å². The van der Waals surface area contributed by atoms with Gasteiger partial charge in [0.25, 0.3) is 0 Å². The summed E-state index contributed by atoms with van der Waals surface area (Å²) in [5, 5.41) is 7.74. The third kappa shape index (κ3) is 5.45. The first kappa shape index (κ1) is 27.5. The molecule has 210 valence electrons. The first-order chi connectivity index (χ1) is 20.4. The average Bonchev–Trinajstić information content (AvgIpc) is 3.32. The second-order valence-electron chi connectivity index (χ2n) is 10.3. The van der Waals surface area contributed by atoms with Crippen LogP contribution in [-0.4, -0.2) is 33.9 Å². The summed E-state index contributed by atoms with van der Waals surface area (Å²) in [5.41, 5.74) is 6.89. The number of carbonyl (C=O) groups is 2. The van der Waals surface area contributed by atoms with Crippen molar-refractivity contribution in [3.8, 4) is 16.9 Å². The summed E-state index contributed by atoms with van der Waals surface area (Å²) >= 11 is 1.52. The van der Waals surface area contributed by atoms with Crippen molar-refractivity contribution in [1.82, 2.24) is 9.78 Å². The number of nitrogens with zero attached hydrogens (tertiary/aromatic N) is 3. The van der Waals surface area contributed by atoms with Crippen molar-refractivity contribution in [2.45, 2.75) is 19.1 Å². The minimum absolute atomic E-state index is 0.170. The summed E-state index contributed by atoms with van der Waals surface area (Å²) < 4.78 is 15.7. The van der Waals surface area contributed by atoms with Gasteiger partial charge < -0.3 is 5.32 Å².